The number of nitrogens with one attached hydrogen (secondary N) is 2. The lowest BCUT2D eigenvalue weighted by atomic mass is 10.2. The molecule has 1 amide bonds. The standard InChI is InChI=1S/C16H17N3O2.2ClH/c20-16(14-7-4-10-17-14)19-12-8-9-15(18-11-12)21-13-5-2-1-3-6-13;;/h1-3,5-6,8-9,11,14,17H,4,7,10H2,(H,19,20);2*1H. The Bertz CT molecular complexity index is 602. The molecule has 0 bridgehead atoms. The van der Waals surface area contributed by atoms with Gasteiger partial charge in [0.05, 0.1) is 17.9 Å². The number of para-hydroxylation sites is 1. The Labute approximate surface area is 147 Å². The highest BCUT2D eigenvalue weighted by Gasteiger charge is 2.21. The van der Waals surface area contributed by atoms with Crippen molar-refractivity contribution in [3.63, 3.8) is 0 Å². The first-order valence-corrected chi connectivity index (χ1v) is 7.04. The van der Waals surface area contributed by atoms with Crippen LogP contribution in [0.3, 0.4) is 0 Å². The van der Waals surface area contributed by atoms with E-state index in [1.165, 1.54) is 0 Å². The first-order valence-electron chi connectivity index (χ1n) is 7.04. The number of benzene rings is 1. The lowest BCUT2D eigenvalue weighted by molar-refractivity contribution is -0.117. The number of carbonyl (C=O) groups is 1. The van der Waals surface area contributed by atoms with E-state index in [1.807, 2.05) is 30.3 Å². The number of rotatable bonds is 4. The Morgan fingerprint density at radius 3 is 2.57 bits per heavy atom. The van der Waals surface area contributed by atoms with Crippen LogP contribution in [-0.2, 0) is 4.79 Å². The SMILES string of the molecule is Cl.Cl.O=C(Nc1ccc(Oc2ccccc2)nc1)C1CCCN1. The summed E-state index contributed by atoms with van der Waals surface area (Å²) in [6.45, 7) is 0.903. The molecule has 1 fully saturated rings. The van der Waals surface area contributed by atoms with E-state index in [1.54, 1.807) is 18.3 Å². The molecule has 1 aliphatic heterocycles. The zero-order valence-electron chi connectivity index (χ0n) is 12.4. The Morgan fingerprint density at radius 1 is 1.17 bits per heavy atom. The molecule has 5 nitrogen and oxygen atoms in total. The van der Waals surface area contributed by atoms with Gasteiger partial charge in [0.15, 0.2) is 0 Å². The van der Waals surface area contributed by atoms with Crippen molar-refractivity contribution in [3.05, 3.63) is 48.7 Å². The van der Waals surface area contributed by atoms with Crippen LogP contribution in [0.1, 0.15) is 12.8 Å². The summed E-state index contributed by atoms with van der Waals surface area (Å²) >= 11 is 0. The van der Waals surface area contributed by atoms with Gasteiger partial charge < -0.3 is 15.4 Å². The number of ether oxygens (including phenoxy) is 1. The number of hydrogen-bond acceptors (Lipinski definition) is 4. The third-order valence-electron chi connectivity index (χ3n) is 3.35. The third-order valence-corrected chi connectivity index (χ3v) is 3.35. The topological polar surface area (TPSA) is 63.2 Å². The Hall–Kier alpha value is -1.82. The molecule has 0 radical (unpaired) electrons. The lowest BCUT2D eigenvalue weighted by Crippen LogP contribution is -2.35. The van der Waals surface area contributed by atoms with E-state index in [0.717, 1.165) is 25.1 Å². The van der Waals surface area contributed by atoms with Crippen molar-refractivity contribution in [3.8, 4) is 11.6 Å². The molecule has 1 aliphatic rings. The number of amides is 1. The number of hydrogen-bond donors (Lipinski definition) is 2. The van der Waals surface area contributed by atoms with Crippen molar-refractivity contribution in [2.75, 3.05) is 11.9 Å². The minimum atomic E-state index is -0.0924. The van der Waals surface area contributed by atoms with Crippen LogP contribution in [0.5, 0.6) is 11.6 Å². The van der Waals surface area contributed by atoms with E-state index in [2.05, 4.69) is 15.6 Å². The first-order chi connectivity index (χ1) is 10.3. The summed E-state index contributed by atoms with van der Waals surface area (Å²) in [6.07, 6.45) is 3.53. The van der Waals surface area contributed by atoms with Crippen LogP contribution < -0.4 is 15.4 Å². The second-order valence-electron chi connectivity index (χ2n) is 4.94. The fourth-order valence-corrected chi connectivity index (χ4v) is 2.26. The van der Waals surface area contributed by atoms with E-state index >= 15 is 0 Å². The molecule has 1 aromatic heterocycles. The second kappa shape index (κ2) is 9.35. The monoisotopic (exact) mass is 355 g/mol. The van der Waals surface area contributed by atoms with Gasteiger partial charge in [-0.25, -0.2) is 4.98 Å². The number of pyridine rings is 1. The van der Waals surface area contributed by atoms with Gasteiger partial charge in [0.1, 0.15) is 5.75 Å². The van der Waals surface area contributed by atoms with Crippen molar-refractivity contribution in [2.24, 2.45) is 0 Å². The molecule has 0 spiro atoms. The maximum atomic E-state index is 12.0. The molecule has 7 heteroatoms. The Kier molecular flexibility index (Phi) is 7.81. The minimum Gasteiger partial charge on any atom is -0.439 e. The number of carbonyl (C=O) groups excluding carboxylic acids is 1. The summed E-state index contributed by atoms with van der Waals surface area (Å²) in [6, 6.07) is 12.9. The van der Waals surface area contributed by atoms with Gasteiger partial charge in [0.2, 0.25) is 11.8 Å². The highest BCUT2D eigenvalue weighted by atomic mass is 35.5. The molecule has 1 aromatic carbocycles. The normalized spacial score (nSPS) is 15.9. The van der Waals surface area contributed by atoms with Crippen LogP contribution >= 0.6 is 24.8 Å². The number of halogens is 2. The summed E-state index contributed by atoms with van der Waals surface area (Å²) in [5, 5.41) is 6.02. The molecule has 2 aromatic rings. The van der Waals surface area contributed by atoms with Gasteiger partial charge in [0, 0.05) is 6.07 Å². The van der Waals surface area contributed by atoms with Gasteiger partial charge in [-0.15, -0.1) is 24.8 Å². The quantitative estimate of drug-likeness (QED) is 0.881. The molecule has 124 valence electrons. The van der Waals surface area contributed by atoms with E-state index in [9.17, 15) is 4.79 Å². The molecule has 0 saturated carbocycles. The highest BCUT2D eigenvalue weighted by Crippen LogP contribution is 2.20. The first kappa shape index (κ1) is 19.2. The second-order valence-corrected chi connectivity index (χ2v) is 4.94. The molecule has 0 aliphatic carbocycles. The van der Waals surface area contributed by atoms with Gasteiger partial charge in [-0.05, 0) is 37.6 Å². The van der Waals surface area contributed by atoms with Gasteiger partial charge >= 0.3 is 0 Å². The maximum Gasteiger partial charge on any atom is 0.241 e. The number of aromatic nitrogens is 1. The van der Waals surface area contributed by atoms with E-state index in [4.69, 9.17) is 4.74 Å². The molecule has 3 rings (SSSR count). The highest BCUT2D eigenvalue weighted by molar-refractivity contribution is 5.94. The van der Waals surface area contributed by atoms with E-state index in [-0.39, 0.29) is 36.8 Å². The summed E-state index contributed by atoms with van der Waals surface area (Å²) in [7, 11) is 0. The van der Waals surface area contributed by atoms with E-state index in [0.29, 0.717) is 11.6 Å². The number of anilines is 1. The Morgan fingerprint density at radius 2 is 1.96 bits per heavy atom. The Balaban J connectivity index is 0.00000132. The molecule has 1 atom stereocenters. The van der Waals surface area contributed by atoms with Crippen molar-refractivity contribution in [2.45, 2.75) is 18.9 Å². The van der Waals surface area contributed by atoms with Crippen molar-refractivity contribution in [1.82, 2.24) is 10.3 Å². The van der Waals surface area contributed by atoms with Crippen LogP contribution in [0.4, 0.5) is 5.69 Å². The van der Waals surface area contributed by atoms with Crippen molar-refractivity contribution < 1.29 is 9.53 Å². The molecule has 1 saturated heterocycles. The van der Waals surface area contributed by atoms with Crippen LogP contribution in [0.2, 0.25) is 0 Å². The minimum absolute atomic E-state index is 0. The zero-order chi connectivity index (χ0) is 14.5. The largest absolute Gasteiger partial charge is 0.439 e. The third kappa shape index (κ3) is 5.39. The molecular formula is C16H19Cl2N3O2. The zero-order valence-corrected chi connectivity index (χ0v) is 14.0. The average Bonchev–Trinajstić information content (AvgIpc) is 3.05. The molecular weight excluding hydrogens is 337 g/mol. The number of nitrogens with zero attached hydrogens (tertiary/aromatic N) is 1. The maximum absolute atomic E-state index is 12.0. The van der Waals surface area contributed by atoms with Gasteiger partial charge in [-0.1, -0.05) is 18.2 Å². The summed E-state index contributed by atoms with van der Waals surface area (Å²) in [5.74, 6) is 1.22. The van der Waals surface area contributed by atoms with Gasteiger partial charge in [-0.2, -0.15) is 0 Å². The smallest absolute Gasteiger partial charge is 0.241 e. The summed E-state index contributed by atoms with van der Waals surface area (Å²) in [4.78, 5) is 16.2. The predicted molar refractivity (Wildman–Crippen MR) is 94.9 cm³/mol. The predicted octanol–water partition coefficient (Wildman–Crippen LogP) is 3.41. The van der Waals surface area contributed by atoms with Crippen molar-refractivity contribution >= 4 is 36.4 Å². The molecule has 23 heavy (non-hydrogen) atoms. The molecule has 1 unspecified atom stereocenters. The van der Waals surface area contributed by atoms with Crippen LogP contribution in [0.25, 0.3) is 0 Å². The fraction of sp³-hybridized carbons (Fsp3) is 0.250. The fourth-order valence-electron chi connectivity index (χ4n) is 2.26. The van der Waals surface area contributed by atoms with Crippen molar-refractivity contribution in [1.29, 1.82) is 0 Å². The average molecular weight is 356 g/mol. The molecule has 2 heterocycles. The lowest BCUT2D eigenvalue weighted by Gasteiger charge is -2.11. The van der Waals surface area contributed by atoms with Gasteiger partial charge in [-0.3, -0.25) is 4.79 Å². The van der Waals surface area contributed by atoms with Crippen LogP contribution in [-0.4, -0.2) is 23.5 Å². The summed E-state index contributed by atoms with van der Waals surface area (Å²) < 4.78 is 5.60. The molecule has 2 N–H and O–H groups in total. The van der Waals surface area contributed by atoms with E-state index < -0.39 is 0 Å². The van der Waals surface area contributed by atoms with Crippen LogP contribution in [0, 0.1) is 0 Å². The van der Waals surface area contributed by atoms with Gasteiger partial charge in [0.25, 0.3) is 0 Å². The summed E-state index contributed by atoms with van der Waals surface area (Å²) in [5.41, 5.74) is 0.675. The van der Waals surface area contributed by atoms with Crippen LogP contribution in [0.15, 0.2) is 48.7 Å².